The molecule has 0 saturated heterocycles. The van der Waals surface area contributed by atoms with Gasteiger partial charge in [0.15, 0.2) is 5.78 Å². The summed E-state index contributed by atoms with van der Waals surface area (Å²) in [5.74, 6) is -0.0352. The molecule has 1 aromatic heterocycles. The Morgan fingerprint density at radius 2 is 1.80 bits per heavy atom. The van der Waals surface area contributed by atoms with E-state index in [4.69, 9.17) is 0 Å². The average molecular weight is 419 g/mol. The van der Waals surface area contributed by atoms with Crippen LogP contribution >= 0.6 is 23.1 Å². The van der Waals surface area contributed by atoms with Crippen LogP contribution in [0, 0.1) is 0 Å². The van der Waals surface area contributed by atoms with Gasteiger partial charge in [-0.3, -0.25) is 4.79 Å². The van der Waals surface area contributed by atoms with E-state index in [9.17, 15) is 21.6 Å². The molecule has 0 spiro atoms. The van der Waals surface area contributed by atoms with Gasteiger partial charge in [-0.15, -0.1) is 11.3 Å². The highest BCUT2D eigenvalue weighted by Gasteiger charge is 2.32. The third-order valence-corrected chi connectivity index (χ3v) is 8.47. The number of sulfonamides is 2. The van der Waals surface area contributed by atoms with Gasteiger partial charge in [-0.2, -0.15) is 3.71 Å². The van der Waals surface area contributed by atoms with Crippen molar-refractivity contribution in [1.82, 2.24) is 4.98 Å². The molecule has 25 heavy (non-hydrogen) atoms. The maximum Gasteiger partial charge on any atom is 0.245 e. The molecular weight excluding hydrogens is 404 g/mol. The smallest absolute Gasteiger partial charge is 0.245 e. The van der Waals surface area contributed by atoms with Crippen molar-refractivity contribution in [3.05, 3.63) is 34.2 Å². The van der Waals surface area contributed by atoms with E-state index in [1.165, 1.54) is 17.4 Å². The van der Waals surface area contributed by atoms with Crippen molar-refractivity contribution in [2.24, 2.45) is 0 Å². The van der Waals surface area contributed by atoms with Gasteiger partial charge >= 0.3 is 0 Å². The fourth-order valence-electron chi connectivity index (χ4n) is 2.65. The van der Waals surface area contributed by atoms with E-state index in [1.807, 2.05) is 0 Å². The minimum absolute atomic E-state index is 0.0245. The summed E-state index contributed by atoms with van der Waals surface area (Å²) in [4.78, 5) is 16.5. The molecule has 7 nitrogen and oxygen atoms in total. The van der Waals surface area contributed by atoms with Gasteiger partial charge in [-0.05, 0) is 24.1 Å². The fourth-order valence-corrected chi connectivity index (χ4v) is 7.35. The molecule has 1 aliphatic carbocycles. The summed E-state index contributed by atoms with van der Waals surface area (Å²) in [6.45, 7) is 0. The summed E-state index contributed by atoms with van der Waals surface area (Å²) in [5.41, 5.74) is 2.80. The number of benzene rings is 1. The zero-order valence-corrected chi connectivity index (χ0v) is 16.6. The van der Waals surface area contributed by atoms with Crippen LogP contribution in [-0.4, -0.2) is 40.1 Å². The molecule has 0 aliphatic heterocycles. The Morgan fingerprint density at radius 3 is 2.36 bits per heavy atom. The van der Waals surface area contributed by atoms with Gasteiger partial charge in [-0.1, -0.05) is 11.8 Å². The van der Waals surface area contributed by atoms with Gasteiger partial charge in [0, 0.05) is 22.3 Å². The summed E-state index contributed by atoms with van der Waals surface area (Å²) >= 11 is 2.49. The van der Waals surface area contributed by atoms with E-state index in [2.05, 4.69) is 4.98 Å². The van der Waals surface area contributed by atoms with E-state index < -0.39 is 20.0 Å². The number of nitrogens with zero attached hydrogens (tertiary/aromatic N) is 2. The number of carbonyl (C=O) groups is 1. The van der Waals surface area contributed by atoms with E-state index in [0.717, 1.165) is 24.3 Å². The maximum atomic E-state index is 12.2. The van der Waals surface area contributed by atoms with Crippen molar-refractivity contribution in [2.45, 2.75) is 22.8 Å². The van der Waals surface area contributed by atoms with Gasteiger partial charge in [0.25, 0.3) is 0 Å². The normalized spacial score (nSPS) is 14.6. The second-order valence-corrected chi connectivity index (χ2v) is 11.2. The SMILES string of the molecule is CS(=O)(=O)N(c1cc2c(cc1Sc1cscn1)C(=O)CC2)S(C)(=O)=O. The molecule has 134 valence electrons. The Morgan fingerprint density at radius 1 is 1.12 bits per heavy atom. The van der Waals surface area contributed by atoms with Crippen LogP contribution in [0.2, 0.25) is 0 Å². The number of aromatic nitrogens is 1. The number of hydrogen-bond acceptors (Lipinski definition) is 8. The van der Waals surface area contributed by atoms with Crippen LogP contribution in [0.5, 0.6) is 0 Å². The zero-order valence-electron chi connectivity index (χ0n) is 13.3. The molecule has 2 aromatic rings. The van der Waals surface area contributed by atoms with Gasteiger partial charge in [0.1, 0.15) is 5.03 Å². The van der Waals surface area contributed by atoms with E-state index in [1.54, 1.807) is 17.0 Å². The number of aryl methyl sites for hydroxylation is 1. The Labute approximate surface area is 154 Å². The molecular formula is C14H14N2O5S4. The van der Waals surface area contributed by atoms with Crippen molar-refractivity contribution >= 4 is 54.6 Å². The van der Waals surface area contributed by atoms with Crippen molar-refractivity contribution < 1.29 is 21.6 Å². The van der Waals surface area contributed by atoms with Crippen LogP contribution in [0.4, 0.5) is 5.69 Å². The Hall–Kier alpha value is -1.43. The molecule has 0 radical (unpaired) electrons. The standard InChI is InChI=1S/C14H14N2O5S4/c1-24(18,19)16(25(2,20)21)11-5-9-3-4-12(17)10(9)6-13(11)23-14-7-22-8-15-14/h5-8H,3-4H2,1-2H3. The predicted molar refractivity (Wildman–Crippen MR) is 97.5 cm³/mol. The summed E-state index contributed by atoms with van der Waals surface area (Å²) < 4.78 is 49.0. The highest BCUT2D eigenvalue weighted by Crippen LogP contribution is 2.41. The molecule has 1 aromatic carbocycles. The largest absolute Gasteiger partial charge is 0.294 e. The van der Waals surface area contributed by atoms with Crippen LogP contribution in [0.15, 0.2) is 32.9 Å². The van der Waals surface area contributed by atoms with Gasteiger partial charge in [-0.25, -0.2) is 21.8 Å². The third-order valence-electron chi connectivity index (χ3n) is 3.53. The molecule has 0 N–H and O–H groups in total. The number of thiazole rings is 1. The van der Waals surface area contributed by atoms with Crippen LogP contribution in [0.25, 0.3) is 0 Å². The topological polar surface area (TPSA) is 101 Å². The van der Waals surface area contributed by atoms with Gasteiger partial charge < -0.3 is 0 Å². The molecule has 0 amide bonds. The summed E-state index contributed by atoms with van der Waals surface area (Å²) in [6.07, 6.45) is 2.47. The quantitative estimate of drug-likeness (QED) is 0.733. The molecule has 3 rings (SSSR count). The minimum Gasteiger partial charge on any atom is -0.294 e. The zero-order chi connectivity index (χ0) is 18.4. The lowest BCUT2D eigenvalue weighted by molar-refractivity contribution is 0.0994. The number of fused-ring (bicyclic) bond motifs is 1. The average Bonchev–Trinajstić information content (AvgIpc) is 3.07. The second kappa shape index (κ2) is 6.38. The van der Waals surface area contributed by atoms with Crippen molar-refractivity contribution in [3.8, 4) is 0 Å². The molecule has 0 fully saturated rings. The van der Waals surface area contributed by atoms with E-state index in [0.29, 0.717) is 37.6 Å². The van der Waals surface area contributed by atoms with Crippen LogP contribution in [0.3, 0.4) is 0 Å². The molecule has 1 heterocycles. The first-order valence-corrected chi connectivity index (χ1v) is 12.5. The molecule has 0 unspecified atom stereocenters. The fraction of sp³-hybridized carbons (Fsp3) is 0.286. The van der Waals surface area contributed by atoms with Gasteiger partial charge in [0.2, 0.25) is 20.0 Å². The van der Waals surface area contributed by atoms with Crippen LogP contribution in [0.1, 0.15) is 22.3 Å². The first-order valence-electron chi connectivity index (χ1n) is 7.04. The van der Waals surface area contributed by atoms with Crippen LogP contribution in [-0.2, 0) is 26.5 Å². The molecule has 0 saturated carbocycles. The number of carbonyl (C=O) groups excluding carboxylic acids is 1. The first-order chi connectivity index (χ1) is 11.6. The number of hydrogen-bond donors (Lipinski definition) is 0. The van der Waals surface area contributed by atoms with Gasteiger partial charge in [0.05, 0.1) is 23.7 Å². The lowest BCUT2D eigenvalue weighted by Gasteiger charge is -2.23. The number of rotatable bonds is 5. The highest BCUT2D eigenvalue weighted by atomic mass is 32.3. The predicted octanol–water partition coefficient (Wildman–Crippen LogP) is 2.15. The Balaban J connectivity index is 2.25. The van der Waals surface area contributed by atoms with Crippen molar-refractivity contribution in [2.75, 3.05) is 16.2 Å². The Kier molecular flexibility index (Phi) is 4.69. The van der Waals surface area contributed by atoms with Crippen LogP contribution < -0.4 is 3.71 Å². The number of anilines is 1. The lowest BCUT2D eigenvalue weighted by Crippen LogP contribution is -2.35. The highest BCUT2D eigenvalue weighted by molar-refractivity contribution is 8.09. The lowest BCUT2D eigenvalue weighted by atomic mass is 10.1. The molecule has 1 aliphatic rings. The minimum atomic E-state index is -4.08. The van der Waals surface area contributed by atoms with Crippen molar-refractivity contribution in [3.63, 3.8) is 0 Å². The Bertz CT molecular complexity index is 1010. The van der Waals surface area contributed by atoms with E-state index in [-0.39, 0.29) is 11.5 Å². The summed E-state index contributed by atoms with van der Waals surface area (Å²) in [6, 6.07) is 3.05. The molecule has 0 bridgehead atoms. The summed E-state index contributed by atoms with van der Waals surface area (Å²) in [7, 11) is -8.16. The first kappa shape index (κ1) is 18.4. The maximum absolute atomic E-state index is 12.2. The molecule has 11 heteroatoms. The second-order valence-electron chi connectivity index (χ2n) is 5.55. The molecule has 0 atom stereocenters. The third kappa shape index (κ3) is 3.73. The number of Topliss-reactive ketones (excluding diaryl/α,β-unsaturated/α-hetero) is 1. The monoisotopic (exact) mass is 418 g/mol. The van der Waals surface area contributed by atoms with E-state index >= 15 is 0 Å². The summed E-state index contributed by atoms with van der Waals surface area (Å²) in [5, 5.41) is 2.35. The van der Waals surface area contributed by atoms with Crippen molar-refractivity contribution in [1.29, 1.82) is 0 Å². The number of ketones is 1.